The van der Waals surface area contributed by atoms with E-state index in [1.165, 1.54) is 0 Å². The van der Waals surface area contributed by atoms with Crippen molar-refractivity contribution < 1.29 is 13.2 Å². The molecule has 1 aromatic heterocycles. The third kappa shape index (κ3) is 2.96. The Hall–Kier alpha value is -1.82. The summed E-state index contributed by atoms with van der Waals surface area (Å²) in [5.74, 6) is 0. The van der Waals surface area contributed by atoms with E-state index in [0.717, 1.165) is 16.4 Å². The Morgan fingerprint density at radius 3 is 2.68 bits per heavy atom. The lowest BCUT2D eigenvalue weighted by Gasteiger charge is -2.07. The minimum absolute atomic E-state index is 0.469. The van der Waals surface area contributed by atoms with Crippen LogP contribution in [0.25, 0.3) is 5.69 Å². The highest BCUT2D eigenvalue weighted by Crippen LogP contribution is 2.28. The quantitative estimate of drug-likeness (QED) is 0.807. The van der Waals surface area contributed by atoms with Crippen LogP contribution in [0.3, 0.4) is 0 Å². The van der Waals surface area contributed by atoms with Gasteiger partial charge in [0.05, 0.1) is 11.9 Å². The largest absolute Gasteiger partial charge is 0.436 e. The van der Waals surface area contributed by atoms with Crippen LogP contribution >= 0.6 is 11.6 Å². The fourth-order valence-electron chi connectivity index (χ4n) is 1.61. The lowest BCUT2D eigenvalue weighted by Crippen LogP contribution is -2.05. The molecule has 2 rings (SSSR count). The molecule has 0 unspecified atom stereocenters. The molecule has 0 bridgehead atoms. The van der Waals surface area contributed by atoms with Crippen LogP contribution in [0.1, 0.15) is 11.3 Å². The van der Waals surface area contributed by atoms with Gasteiger partial charge in [0.1, 0.15) is 0 Å². The maximum atomic E-state index is 12.5. The molecule has 2 aromatic rings. The second-order valence-electron chi connectivity index (χ2n) is 3.81. The number of allylic oxidation sites excluding steroid dienone is 1. The highest BCUT2D eigenvalue weighted by Gasteiger charge is 2.34. The van der Waals surface area contributed by atoms with Crippen molar-refractivity contribution in [1.82, 2.24) is 15.0 Å². The van der Waals surface area contributed by atoms with E-state index in [0.29, 0.717) is 17.1 Å². The Morgan fingerprint density at radius 2 is 2.11 bits per heavy atom. The minimum atomic E-state index is -4.51. The summed E-state index contributed by atoms with van der Waals surface area (Å²) >= 11 is 5.86. The average Bonchev–Trinajstić information content (AvgIpc) is 2.78. The summed E-state index contributed by atoms with van der Waals surface area (Å²) in [5, 5.41) is 7.11. The molecule has 0 amide bonds. The van der Waals surface area contributed by atoms with Crippen LogP contribution in [0.4, 0.5) is 13.2 Å². The van der Waals surface area contributed by atoms with E-state index in [-0.39, 0.29) is 0 Å². The van der Waals surface area contributed by atoms with Crippen molar-refractivity contribution in [2.24, 2.45) is 0 Å². The number of rotatable bonds is 3. The monoisotopic (exact) mass is 287 g/mol. The van der Waals surface area contributed by atoms with E-state index in [4.69, 9.17) is 11.6 Å². The van der Waals surface area contributed by atoms with Gasteiger partial charge in [0.25, 0.3) is 0 Å². The number of hydrogen-bond acceptors (Lipinski definition) is 2. The molecule has 0 radical (unpaired) electrons. The number of nitrogens with zero attached hydrogens (tertiary/aromatic N) is 3. The Labute approximate surface area is 112 Å². The van der Waals surface area contributed by atoms with Gasteiger partial charge in [-0.2, -0.15) is 13.2 Å². The van der Waals surface area contributed by atoms with Gasteiger partial charge in [-0.3, -0.25) is 0 Å². The van der Waals surface area contributed by atoms with E-state index in [2.05, 4.69) is 16.9 Å². The first-order chi connectivity index (χ1) is 8.91. The van der Waals surface area contributed by atoms with Crippen LogP contribution in [0, 0.1) is 0 Å². The lowest BCUT2D eigenvalue weighted by atomic mass is 10.1. The van der Waals surface area contributed by atoms with Crippen LogP contribution in [0.15, 0.2) is 37.1 Å². The summed E-state index contributed by atoms with van der Waals surface area (Å²) in [6.07, 6.45) is -1.56. The molecule has 0 aliphatic rings. The topological polar surface area (TPSA) is 30.7 Å². The molecule has 0 N–H and O–H groups in total. The first-order valence-corrected chi connectivity index (χ1v) is 5.69. The highest BCUT2D eigenvalue weighted by atomic mass is 35.5. The van der Waals surface area contributed by atoms with Gasteiger partial charge in [-0.05, 0) is 30.2 Å². The smallest absolute Gasteiger partial charge is 0.220 e. The summed E-state index contributed by atoms with van der Waals surface area (Å²) < 4.78 is 38.5. The zero-order valence-corrected chi connectivity index (χ0v) is 10.4. The van der Waals surface area contributed by atoms with E-state index in [1.54, 1.807) is 24.3 Å². The second-order valence-corrected chi connectivity index (χ2v) is 4.25. The minimum Gasteiger partial charge on any atom is -0.220 e. The van der Waals surface area contributed by atoms with Gasteiger partial charge in [0, 0.05) is 5.02 Å². The number of hydrogen-bond donors (Lipinski definition) is 0. The van der Waals surface area contributed by atoms with Crippen molar-refractivity contribution in [3.63, 3.8) is 0 Å². The maximum absolute atomic E-state index is 12.5. The van der Waals surface area contributed by atoms with E-state index in [1.807, 2.05) is 0 Å². The molecule has 0 saturated carbocycles. The average molecular weight is 288 g/mol. The number of alkyl halides is 3. The van der Waals surface area contributed by atoms with Crippen molar-refractivity contribution >= 4 is 11.6 Å². The van der Waals surface area contributed by atoms with Crippen LogP contribution in [-0.2, 0) is 12.6 Å². The Kier molecular flexibility index (Phi) is 3.61. The van der Waals surface area contributed by atoms with Gasteiger partial charge in [-0.25, -0.2) is 4.68 Å². The molecule has 0 saturated heterocycles. The van der Waals surface area contributed by atoms with Gasteiger partial charge in [-0.1, -0.05) is 22.9 Å². The molecule has 1 aromatic carbocycles. The summed E-state index contributed by atoms with van der Waals surface area (Å²) in [5.41, 5.74) is 0.181. The second kappa shape index (κ2) is 5.05. The lowest BCUT2D eigenvalue weighted by molar-refractivity contribution is -0.141. The van der Waals surface area contributed by atoms with Crippen LogP contribution in [-0.4, -0.2) is 15.0 Å². The van der Waals surface area contributed by atoms with Gasteiger partial charge in [0.2, 0.25) is 0 Å². The predicted octanol–water partition coefficient (Wildman–Crippen LogP) is 3.67. The normalized spacial score (nSPS) is 11.6. The van der Waals surface area contributed by atoms with Crippen LogP contribution in [0.5, 0.6) is 0 Å². The molecule has 3 nitrogen and oxygen atoms in total. The molecule has 0 spiro atoms. The SMILES string of the molecule is C=CCc1cc(Cl)ccc1-n1cc(C(F)(F)F)nn1. The number of aromatic nitrogens is 3. The summed E-state index contributed by atoms with van der Waals surface area (Å²) in [6, 6.07) is 4.84. The molecule has 19 heavy (non-hydrogen) atoms. The first-order valence-electron chi connectivity index (χ1n) is 5.31. The zero-order chi connectivity index (χ0) is 14.0. The molecule has 1 heterocycles. The Balaban J connectivity index is 2.46. The van der Waals surface area contributed by atoms with Crippen LogP contribution in [0.2, 0.25) is 5.02 Å². The van der Waals surface area contributed by atoms with Gasteiger partial charge >= 0.3 is 6.18 Å². The van der Waals surface area contributed by atoms with Crippen molar-refractivity contribution in [3.05, 3.63) is 53.3 Å². The maximum Gasteiger partial charge on any atom is 0.436 e. The summed E-state index contributed by atoms with van der Waals surface area (Å²) in [7, 11) is 0. The van der Waals surface area contributed by atoms with Gasteiger partial charge in [0.15, 0.2) is 5.69 Å². The molecule has 0 aliphatic carbocycles. The molecule has 7 heteroatoms. The van der Waals surface area contributed by atoms with Crippen molar-refractivity contribution in [2.45, 2.75) is 12.6 Å². The third-order valence-corrected chi connectivity index (χ3v) is 2.67. The summed E-state index contributed by atoms with van der Waals surface area (Å²) in [6.45, 7) is 3.60. The fourth-order valence-corrected chi connectivity index (χ4v) is 1.80. The van der Waals surface area contributed by atoms with Crippen molar-refractivity contribution in [2.75, 3.05) is 0 Å². The molecular formula is C12H9ClF3N3. The fraction of sp³-hybridized carbons (Fsp3) is 0.167. The van der Waals surface area contributed by atoms with Gasteiger partial charge in [-0.15, -0.1) is 11.7 Å². The van der Waals surface area contributed by atoms with E-state index in [9.17, 15) is 13.2 Å². The van der Waals surface area contributed by atoms with Crippen molar-refractivity contribution in [3.8, 4) is 5.69 Å². The first kappa shape index (κ1) is 13.6. The third-order valence-electron chi connectivity index (χ3n) is 2.44. The molecule has 0 atom stereocenters. The summed E-state index contributed by atoms with van der Waals surface area (Å²) in [4.78, 5) is 0. The van der Waals surface area contributed by atoms with E-state index < -0.39 is 11.9 Å². The number of benzene rings is 1. The standard InChI is InChI=1S/C12H9ClF3N3/c1-2-3-8-6-9(13)4-5-10(8)19-7-11(17-18-19)12(14,15)16/h2,4-7H,1,3H2. The highest BCUT2D eigenvalue weighted by molar-refractivity contribution is 6.30. The zero-order valence-electron chi connectivity index (χ0n) is 9.65. The molecule has 100 valence electrons. The Morgan fingerprint density at radius 1 is 1.37 bits per heavy atom. The van der Waals surface area contributed by atoms with Crippen LogP contribution < -0.4 is 0 Å². The Bertz CT molecular complexity index is 605. The van der Waals surface area contributed by atoms with Crippen molar-refractivity contribution in [1.29, 1.82) is 0 Å². The van der Waals surface area contributed by atoms with E-state index >= 15 is 0 Å². The van der Waals surface area contributed by atoms with Gasteiger partial charge < -0.3 is 0 Å². The molecule has 0 fully saturated rings. The molecule has 0 aliphatic heterocycles. The number of halogens is 4. The predicted molar refractivity (Wildman–Crippen MR) is 65.3 cm³/mol. The molecular weight excluding hydrogens is 279 g/mol.